The first kappa shape index (κ1) is 18.0. The van der Waals surface area contributed by atoms with Crippen molar-refractivity contribution in [1.82, 2.24) is 14.7 Å². The van der Waals surface area contributed by atoms with E-state index in [4.69, 9.17) is 0 Å². The topological polar surface area (TPSA) is 61.5 Å². The number of aromatic nitrogens is 2. The lowest BCUT2D eigenvalue weighted by atomic mass is 9.73. The van der Waals surface area contributed by atoms with Gasteiger partial charge in [0.1, 0.15) is 5.82 Å². The van der Waals surface area contributed by atoms with Crippen LogP contribution < -0.4 is 0 Å². The van der Waals surface area contributed by atoms with Crippen molar-refractivity contribution >= 4 is 0 Å². The van der Waals surface area contributed by atoms with Crippen LogP contribution in [-0.2, 0) is 6.54 Å². The molecule has 2 N–H and O–H groups in total. The van der Waals surface area contributed by atoms with Crippen molar-refractivity contribution in [3.05, 3.63) is 48.0 Å². The van der Waals surface area contributed by atoms with Crippen molar-refractivity contribution in [2.24, 2.45) is 5.41 Å². The predicted molar refractivity (Wildman–Crippen MR) is 93.8 cm³/mol. The first-order chi connectivity index (χ1) is 12.1. The molecule has 1 aliphatic heterocycles. The molecule has 0 spiro atoms. The minimum atomic E-state index is -0.576. The quantitative estimate of drug-likeness (QED) is 0.842. The zero-order valence-electron chi connectivity index (χ0n) is 14.6. The van der Waals surface area contributed by atoms with Gasteiger partial charge in [-0.3, -0.25) is 4.90 Å². The van der Waals surface area contributed by atoms with E-state index in [0.29, 0.717) is 13.1 Å². The summed E-state index contributed by atoms with van der Waals surface area (Å²) in [6.45, 7) is 3.87. The summed E-state index contributed by atoms with van der Waals surface area (Å²) in [4.78, 5) is 2.12. The van der Waals surface area contributed by atoms with Crippen LogP contribution in [0.1, 0.15) is 31.7 Å². The standard InChI is InChI=1S/C19H26FN3O2/c1-2-6-19(14-24)7-10-22(13-18(19)25)12-15-11-16(20)4-5-17(15)23-9-3-8-21-23/h3-5,8-9,11,18,24-25H,2,6-7,10,12-14H2,1H3/t18-,19-/m1/s1. The number of likely N-dealkylation sites (tertiary alicyclic amines) is 1. The summed E-state index contributed by atoms with van der Waals surface area (Å²) in [5, 5.41) is 24.6. The Hall–Kier alpha value is -1.76. The molecule has 2 aromatic rings. The first-order valence-corrected chi connectivity index (χ1v) is 8.88. The van der Waals surface area contributed by atoms with Crippen molar-refractivity contribution in [1.29, 1.82) is 0 Å². The average molecular weight is 347 g/mol. The summed E-state index contributed by atoms with van der Waals surface area (Å²) < 4.78 is 15.5. The van der Waals surface area contributed by atoms with E-state index in [0.717, 1.165) is 37.1 Å². The molecule has 1 saturated heterocycles. The SMILES string of the molecule is CCC[C@]1(CO)CCN(Cc2cc(F)ccc2-n2cccn2)C[C@H]1O. The second-order valence-corrected chi connectivity index (χ2v) is 7.00. The monoisotopic (exact) mass is 347 g/mol. The molecular formula is C19H26FN3O2. The van der Waals surface area contributed by atoms with Crippen LogP contribution in [0.3, 0.4) is 0 Å². The van der Waals surface area contributed by atoms with E-state index in [9.17, 15) is 14.6 Å². The number of nitrogens with zero attached hydrogens (tertiary/aromatic N) is 3. The Morgan fingerprint density at radius 3 is 2.88 bits per heavy atom. The molecule has 1 fully saturated rings. The van der Waals surface area contributed by atoms with E-state index < -0.39 is 11.5 Å². The number of piperidine rings is 1. The number of benzene rings is 1. The Bertz CT molecular complexity index is 692. The van der Waals surface area contributed by atoms with E-state index in [-0.39, 0.29) is 12.4 Å². The molecule has 0 unspecified atom stereocenters. The van der Waals surface area contributed by atoms with E-state index in [1.807, 2.05) is 12.3 Å². The second-order valence-electron chi connectivity index (χ2n) is 7.00. The number of halogens is 1. The molecule has 0 bridgehead atoms. The number of rotatable bonds is 6. The molecule has 0 saturated carbocycles. The molecule has 2 heterocycles. The smallest absolute Gasteiger partial charge is 0.123 e. The van der Waals surface area contributed by atoms with Crippen LogP contribution in [0.2, 0.25) is 0 Å². The average Bonchev–Trinajstić information content (AvgIpc) is 3.12. The minimum Gasteiger partial charge on any atom is -0.396 e. The van der Waals surface area contributed by atoms with Crippen molar-refractivity contribution in [3.8, 4) is 5.69 Å². The van der Waals surface area contributed by atoms with E-state index >= 15 is 0 Å². The van der Waals surface area contributed by atoms with Crippen molar-refractivity contribution in [2.75, 3.05) is 19.7 Å². The Morgan fingerprint density at radius 1 is 1.40 bits per heavy atom. The van der Waals surface area contributed by atoms with Gasteiger partial charge in [0.25, 0.3) is 0 Å². The van der Waals surface area contributed by atoms with Crippen molar-refractivity contribution < 1.29 is 14.6 Å². The highest BCUT2D eigenvalue weighted by Gasteiger charge is 2.41. The summed E-state index contributed by atoms with van der Waals surface area (Å²) in [6, 6.07) is 6.53. The Kier molecular flexibility index (Phi) is 5.51. The molecule has 1 aromatic heterocycles. The summed E-state index contributed by atoms with van der Waals surface area (Å²) in [6.07, 6.45) is 5.44. The van der Waals surface area contributed by atoms with Crippen LogP contribution in [0.15, 0.2) is 36.7 Å². The molecule has 3 rings (SSSR count). The van der Waals surface area contributed by atoms with Gasteiger partial charge in [-0.05, 0) is 49.2 Å². The molecule has 1 aromatic carbocycles. The predicted octanol–water partition coefficient (Wildman–Crippen LogP) is 2.36. The zero-order chi connectivity index (χ0) is 17.9. The van der Waals surface area contributed by atoms with Crippen LogP contribution >= 0.6 is 0 Å². The van der Waals surface area contributed by atoms with Crippen LogP contribution in [0.25, 0.3) is 5.69 Å². The second kappa shape index (κ2) is 7.64. The van der Waals surface area contributed by atoms with Gasteiger partial charge in [0.2, 0.25) is 0 Å². The molecule has 6 heteroatoms. The third-order valence-corrected chi connectivity index (χ3v) is 5.31. The van der Waals surface area contributed by atoms with E-state index in [2.05, 4.69) is 16.9 Å². The van der Waals surface area contributed by atoms with Crippen LogP contribution in [0.5, 0.6) is 0 Å². The van der Waals surface area contributed by atoms with Gasteiger partial charge in [0, 0.05) is 30.9 Å². The number of β-amino-alcohol motifs (C(OH)–C–C–N with tert-alkyl or cyclic N) is 1. The highest BCUT2D eigenvalue weighted by molar-refractivity contribution is 5.40. The highest BCUT2D eigenvalue weighted by Crippen LogP contribution is 2.36. The van der Waals surface area contributed by atoms with Gasteiger partial charge in [-0.15, -0.1) is 0 Å². The summed E-state index contributed by atoms with van der Waals surface area (Å²) in [5.74, 6) is -0.279. The molecule has 0 amide bonds. The van der Waals surface area contributed by atoms with Gasteiger partial charge >= 0.3 is 0 Å². The highest BCUT2D eigenvalue weighted by atomic mass is 19.1. The van der Waals surface area contributed by atoms with Gasteiger partial charge in [-0.1, -0.05) is 13.3 Å². The lowest BCUT2D eigenvalue weighted by molar-refractivity contribution is -0.0802. The van der Waals surface area contributed by atoms with Crippen molar-refractivity contribution in [2.45, 2.75) is 38.8 Å². The van der Waals surface area contributed by atoms with Gasteiger partial charge in [0.15, 0.2) is 0 Å². The molecule has 25 heavy (non-hydrogen) atoms. The fourth-order valence-corrected chi connectivity index (χ4v) is 3.83. The lowest BCUT2D eigenvalue weighted by Gasteiger charge is -2.44. The van der Waals surface area contributed by atoms with E-state index in [1.54, 1.807) is 16.9 Å². The molecular weight excluding hydrogens is 321 g/mol. The van der Waals surface area contributed by atoms with Crippen LogP contribution in [-0.4, -0.2) is 50.7 Å². The normalized spacial score (nSPS) is 24.6. The Labute approximate surface area is 147 Å². The lowest BCUT2D eigenvalue weighted by Crippen LogP contribution is -2.52. The molecule has 136 valence electrons. The summed E-state index contributed by atoms with van der Waals surface area (Å²) >= 11 is 0. The van der Waals surface area contributed by atoms with Gasteiger partial charge in [-0.2, -0.15) is 5.10 Å². The summed E-state index contributed by atoms with van der Waals surface area (Å²) in [7, 11) is 0. The van der Waals surface area contributed by atoms with Crippen molar-refractivity contribution in [3.63, 3.8) is 0 Å². The van der Waals surface area contributed by atoms with Gasteiger partial charge in [0.05, 0.1) is 18.4 Å². The number of hydrogen-bond acceptors (Lipinski definition) is 4. The number of aliphatic hydroxyl groups excluding tert-OH is 2. The first-order valence-electron chi connectivity index (χ1n) is 8.88. The molecule has 0 aliphatic carbocycles. The Morgan fingerprint density at radius 2 is 2.24 bits per heavy atom. The zero-order valence-corrected chi connectivity index (χ0v) is 14.6. The largest absolute Gasteiger partial charge is 0.396 e. The van der Waals surface area contributed by atoms with E-state index in [1.165, 1.54) is 12.1 Å². The third kappa shape index (κ3) is 3.76. The fourth-order valence-electron chi connectivity index (χ4n) is 3.83. The molecule has 2 atom stereocenters. The minimum absolute atomic E-state index is 0.00828. The van der Waals surface area contributed by atoms with Gasteiger partial charge in [-0.25, -0.2) is 9.07 Å². The fraction of sp³-hybridized carbons (Fsp3) is 0.526. The summed E-state index contributed by atoms with van der Waals surface area (Å²) in [5.41, 5.74) is 1.27. The maximum Gasteiger partial charge on any atom is 0.123 e. The van der Waals surface area contributed by atoms with Crippen LogP contribution in [0, 0.1) is 11.2 Å². The number of hydrogen-bond donors (Lipinski definition) is 2. The maximum atomic E-state index is 13.8. The molecule has 1 aliphatic rings. The van der Waals surface area contributed by atoms with Crippen LogP contribution in [0.4, 0.5) is 4.39 Å². The molecule has 0 radical (unpaired) electrons. The van der Waals surface area contributed by atoms with Gasteiger partial charge < -0.3 is 10.2 Å². The third-order valence-electron chi connectivity index (χ3n) is 5.31. The Balaban J connectivity index is 1.77. The molecule has 5 nitrogen and oxygen atoms in total. The maximum absolute atomic E-state index is 13.8. The number of aliphatic hydroxyl groups is 2.